The summed E-state index contributed by atoms with van der Waals surface area (Å²) in [5.41, 5.74) is 1.85. The number of ether oxygens (including phenoxy) is 1. The van der Waals surface area contributed by atoms with Crippen LogP contribution in [0.15, 0.2) is 53.4 Å². The van der Waals surface area contributed by atoms with Gasteiger partial charge >= 0.3 is 6.18 Å². The first-order chi connectivity index (χ1) is 17.0. The first-order valence-corrected chi connectivity index (χ1v) is 12.8. The molecule has 1 fully saturated rings. The van der Waals surface area contributed by atoms with Crippen LogP contribution >= 0.6 is 0 Å². The zero-order chi connectivity index (χ0) is 26.1. The van der Waals surface area contributed by atoms with Gasteiger partial charge in [0, 0.05) is 43.9 Å². The molecule has 0 N–H and O–H groups in total. The molecular weight excluding hydrogens is 493 g/mol. The second kappa shape index (κ2) is 10.1. The fraction of sp³-hybridized carbons (Fsp3) is 0.360. The van der Waals surface area contributed by atoms with E-state index in [0.29, 0.717) is 31.4 Å². The molecule has 1 saturated heterocycles. The number of hydrogen-bond donors (Lipinski definition) is 0. The molecular formula is C25H27F3N4O3S. The smallest absolute Gasteiger partial charge is 0.416 e. The molecule has 0 bridgehead atoms. The molecule has 1 aliphatic heterocycles. The van der Waals surface area contributed by atoms with Crippen molar-refractivity contribution in [3.63, 3.8) is 0 Å². The number of nitrogens with zero attached hydrogens (tertiary/aromatic N) is 4. The van der Waals surface area contributed by atoms with Gasteiger partial charge in [0.25, 0.3) is 0 Å². The molecule has 0 saturated carbocycles. The minimum atomic E-state index is -4.62. The number of rotatable bonds is 6. The van der Waals surface area contributed by atoms with Crippen molar-refractivity contribution in [1.82, 2.24) is 14.3 Å². The van der Waals surface area contributed by atoms with Crippen molar-refractivity contribution in [3.05, 3.63) is 76.7 Å². The fourth-order valence-electron chi connectivity index (χ4n) is 4.26. The first kappa shape index (κ1) is 25.9. The van der Waals surface area contributed by atoms with Gasteiger partial charge in [-0.15, -0.1) is 0 Å². The third kappa shape index (κ3) is 5.46. The van der Waals surface area contributed by atoms with Gasteiger partial charge in [0.05, 0.1) is 17.6 Å². The molecule has 36 heavy (non-hydrogen) atoms. The highest BCUT2D eigenvalue weighted by Gasteiger charge is 2.34. The zero-order valence-corrected chi connectivity index (χ0v) is 21.0. The Labute approximate surface area is 208 Å². The lowest BCUT2D eigenvalue weighted by Gasteiger charge is -2.36. The molecule has 0 radical (unpaired) electrons. The molecule has 3 aromatic rings. The highest BCUT2D eigenvalue weighted by atomic mass is 32.2. The van der Waals surface area contributed by atoms with Gasteiger partial charge in [-0.2, -0.15) is 17.5 Å². The van der Waals surface area contributed by atoms with Gasteiger partial charge in [-0.05, 0) is 49.7 Å². The quantitative estimate of drug-likeness (QED) is 0.485. The average Bonchev–Trinajstić information content (AvgIpc) is 2.85. The van der Waals surface area contributed by atoms with E-state index in [0.717, 1.165) is 40.5 Å². The summed E-state index contributed by atoms with van der Waals surface area (Å²) in [6.45, 7) is 4.69. The number of halogens is 3. The molecule has 1 aliphatic rings. The fourth-order valence-corrected chi connectivity index (χ4v) is 5.72. The standard InChI is InChI=1S/C25H27F3N4O3S/c1-17-23(15-19-7-9-21(35-3)10-8-19)24(30-18(2)29-17)31-11-13-32(14-12-31)36(33,34)22-6-4-5-20(16-22)25(26,27)28/h4-10,16H,11-15H2,1-3H3. The minimum absolute atomic E-state index is 0.128. The highest BCUT2D eigenvalue weighted by Crippen LogP contribution is 2.32. The van der Waals surface area contributed by atoms with Gasteiger partial charge in [-0.1, -0.05) is 18.2 Å². The van der Waals surface area contributed by atoms with Crippen LogP contribution < -0.4 is 9.64 Å². The van der Waals surface area contributed by atoms with Crippen molar-refractivity contribution in [3.8, 4) is 5.75 Å². The molecule has 2 heterocycles. The number of aryl methyl sites for hydroxylation is 2. The van der Waals surface area contributed by atoms with Gasteiger partial charge in [0.1, 0.15) is 17.4 Å². The summed E-state index contributed by atoms with van der Waals surface area (Å²) >= 11 is 0. The molecule has 0 aliphatic carbocycles. The molecule has 192 valence electrons. The normalized spacial score (nSPS) is 15.2. The van der Waals surface area contributed by atoms with Crippen LogP contribution in [0.4, 0.5) is 19.0 Å². The SMILES string of the molecule is COc1ccc(Cc2c(C)nc(C)nc2N2CCN(S(=O)(=O)c3cccc(C(F)(F)F)c3)CC2)cc1. The molecule has 1 aromatic heterocycles. The number of benzene rings is 2. The van der Waals surface area contributed by atoms with Crippen LogP contribution in [0.3, 0.4) is 0 Å². The van der Waals surface area contributed by atoms with E-state index >= 15 is 0 Å². The average molecular weight is 521 g/mol. The summed E-state index contributed by atoms with van der Waals surface area (Å²) in [6.07, 6.45) is -4.03. The van der Waals surface area contributed by atoms with E-state index in [9.17, 15) is 21.6 Å². The predicted octanol–water partition coefficient (Wildman–Crippen LogP) is 4.22. The number of methoxy groups -OCH3 is 1. The van der Waals surface area contributed by atoms with Crippen molar-refractivity contribution in [2.75, 3.05) is 38.2 Å². The number of piperazine rings is 1. The maximum absolute atomic E-state index is 13.1. The van der Waals surface area contributed by atoms with Crippen LogP contribution in [0.5, 0.6) is 5.75 Å². The number of sulfonamides is 1. The first-order valence-electron chi connectivity index (χ1n) is 11.4. The maximum atomic E-state index is 13.1. The molecule has 0 atom stereocenters. The summed E-state index contributed by atoms with van der Waals surface area (Å²) in [7, 11) is -2.46. The van der Waals surface area contributed by atoms with Gasteiger partial charge in [-0.3, -0.25) is 0 Å². The number of aromatic nitrogens is 2. The number of hydrogen-bond acceptors (Lipinski definition) is 6. The molecule has 2 aromatic carbocycles. The summed E-state index contributed by atoms with van der Waals surface area (Å²) in [6, 6.07) is 11.6. The van der Waals surface area contributed by atoms with E-state index in [1.54, 1.807) is 7.11 Å². The Kier molecular flexibility index (Phi) is 7.24. The Morgan fingerprint density at radius 3 is 2.25 bits per heavy atom. The van der Waals surface area contributed by atoms with Crippen molar-refractivity contribution in [2.45, 2.75) is 31.3 Å². The Morgan fingerprint density at radius 2 is 1.64 bits per heavy atom. The molecule has 0 amide bonds. The second-order valence-corrected chi connectivity index (χ2v) is 10.5. The molecule has 0 spiro atoms. The van der Waals surface area contributed by atoms with E-state index in [1.807, 2.05) is 43.0 Å². The molecule has 0 unspecified atom stereocenters. The molecule has 11 heteroatoms. The Bertz CT molecular complexity index is 1340. The van der Waals surface area contributed by atoms with E-state index in [4.69, 9.17) is 4.74 Å². The van der Waals surface area contributed by atoms with Gasteiger partial charge in [-0.25, -0.2) is 18.4 Å². The van der Waals surface area contributed by atoms with Crippen LogP contribution in [-0.2, 0) is 22.6 Å². The molecule has 4 rings (SSSR count). The Morgan fingerprint density at radius 1 is 0.972 bits per heavy atom. The summed E-state index contributed by atoms with van der Waals surface area (Å²) in [4.78, 5) is 10.8. The summed E-state index contributed by atoms with van der Waals surface area (Å²) < 4.78 is 71.9. The zero-order valence-electron chi connectivity index (χ0n) is 20.2. The van der Waals surface area contributed by atoms with Crippen LogP contribution in [0.2, 0.25) is 0 Å². The Balaban J connectivity index is 1.55. The van der Waals surface area contributed by atoms with Gasteiger partial charge in [0.2, 0.25) is 10.0 Å². The van der Waals surface area contributed by atoms with Crippen LogP contribution in [-0.4, -0.2) is 56.0 Å². The second-order valence-electron chi connectivity index (χ2n) is 8.60. The lowest BCUT2D eigenvalue weighted by Crippen LogP contribution is -2.49. The van der Waals surface area contributed by atoms with Gasteiger partial charge in [0.15, 0.2) is 0 Å². The van der Waals surface area contributed by atoms with E-state index in [1.165, 1.54) is 10.4 Å². The summed E-state index contributed by atoms with van der Waals surface area (Å²) in [5, 5.41) is 0. The van der Waals surface area contributed by atoms with Crippen molar-refractivity contribution in [2.24, 2.45) is 0 Å². The number of alkyl halides is 3. The van der Waals surface area contributed by atoms with Crippen LogP contribution in [0.1, 0.15) is 28.2 Å². The monoisotopic (exact) mass is 520 g/mol. The molecule has 7 nitrogen and oxygen atoms in total. The predicted molar refractivity (Wildman–Crippen MR) is 130 cm³/mol. The third-order valence-corrected chi connectivity index (χ3v) is 8.08. The van der Waals surface area contributed by atoms with Crippen LogP contribution in [0, 0.1) is 13.8 Å². The topological polar surface area (TPSA) is 75.6 Å². The van der Waals surface area contributed by atoms with Crippen molar-refractivity contribution in [1.29, 1.82) is 0 Å². The van der Waals surface area contributed by atoms with E-state index in [-0.39, 0.29) is 18.0 Å². The maximum Gasteiger partial charge on any atom is 0.416 e. The minimum Gasteiger partial charge on any atom is -0.497 e. The highest BCUT2D eigenvalue weighted by molar-refractivity contribution is 7.89. The Hall–Kier alpha value is -3.18. The largest absolute Gasteiger partial charge is 0.497 e. The van der Waals surface area contributed by atoms with E-state index < -0.39 is 21.8 Å². The number of anilines is 1. The summed E-state index contributed by atoms with van der Waals surface area (Å²) in [5.74, 6) is 2.11. The van der Waals surface area contributed by atoms with Crippen molar-refractivity contribution >= 4 is 15.8 Å². The van der Waals surface area contributed by atoms with Gasteiger partial charge < -0.3 is 9.64 Å². The van der Waals surface area contributed by atoms with E-state index in [2.05, 4.69) is 9.97 Å². The van der Waals surface area contributed by atoms with Crippen molar-refractivity contribution < 1.29 is 26.3 Å². The van der Waals surface area contributed by atoms with Crippen LogP contribution in [0.25, 0.3) is 0 Å². The lowest BCUT2D eigenvalue weighted by atomic mass is 10.0. The lowest BCUT2D eigenvalue weighted by molar-refractivity contribution is -0.137. The third-order valence-electron chi connectivity index (χ3n) is 6.18.